The van der Waals surface area contributed by atoms with Gasteiger partial charge in [0.25, 0.3) is 0 Å². The molecule has 1 atom stereocenters. The van der Waals surface area contributed by atoms with Gasteiger partial charge in [-0.2, -0.15) is 0 Å². The van der Waals surface area contributed by atoms with E-state index in [1.54, 1.807) is 6.08 Å². The zero-order valence-corrected chi connectivity index (χ0v) is 5.90. The molecule has 1 unspecified atom stereocenters. The summed E-state index contributed by atoms with van der Waals surface area (Å²) in [5, 5.41) is 0. The van der Waals surface area contributed by atoms with Gasteiger partial charge in [0.1, 0.15) is 5.83 Å². The summed E-state index contributed by atoms with van der Waals surface area (Å²) in [6, 6.07) is 0. The molecule has 0 aromatic heterocycles. The smallest absolute Gasteiger partial charge is 0.155 e. The van der Waals surface area contributed by atoms with Gasteiger partial charge in [-0.3, -0.25) is 0 Å². The van der Waals surface area contributed by atoms with E-state index < -0.39 is 12.0 Å². The van der Waals surface area contributed by atoms with Gasteiger partial charge in [0.15, 0.2) is 6.17 Å². The number of allylic oxidation sites excluding steroid dienone is 4. The lowest BCUT2D eigenvalue weighted by atomic mass is 10.0. The van der Waals surface area contributed by atoms with Crippen LogP contribution in [0.4, 0.5) is 8.78 Å². The van der Waals surface area contributed by atoms with Gasteiger partial charge in [-0.1, -0.05) is 18.6 Å². The molecular weight excluding hydrogens is 134 g/mol. The van der Waals surface area contributed by atoms with Crippen molar-refractivity contribution in [1.82, 2.24) is 0 Å². The Labute approximate surface area is 59.2 Å². The van der Waals surface area contributed by atoms with Crippen molar-refractivity contribution < 1.29 is 8.78 Å². The van der Waals surface area contributed by atoms with Crippen molar-refractivity contribution in [2.75, 3.05) is 0 Å². The van der Waals surface area contributed by atoms with Crippen molar-refractivity contribution >= 4 is 0 Å². The SMILES string of the molecule is CCC1=CC=C(F)C(F)C1. The molecule has 0 aromatic carbocycles. The fourth-order valence-electron chi connectivity index (χ4n) is 0.960. The molecule has 0 bridgehead atoms. The van der Waals surface area contributed by atoms with Crippen LogP contribution in [-0.2, 0) is 0 Å². The van der Waals surface area contributed by atoms with Crippen LogP contribution in [0.1, 0.15) is 19.8 Å². The Morgan fingerprint density at radius 1 is 1.60 bits per heavy atom. The Bertz CT molecular complexity index is 180. The fourth-order valence-corrected chi connectivity index (χ4v) is 0.960. The summed E-state index contributed by atoms with van der Waals surface area (Å²) in [5.74, 6) is -0.641. The van der Waals surface area contributed by atoms with E-state index in [1.807, 2.05) is 6.92 Å². The Hall–Kier alpha value is -0.660. The molecule has 0 saturated heterocycles. The lowest BCUT2D eigenvalue weighted by Gasteiger charge is -2.11. The summed E-state index contributed by atoms with van der Waals surface area (Å²) in [4.78, 5) is 0. The third-order valence-electron chi connectivity index (χ3n) is 1.67. The molecule has 0 heterocycles. The summed E-state index contributed by atoms with van der Waals surface area (Å²) in [5.41, 5.74) is 0.980. The normalized spacial score (nSPS) is 25.7. The maximum atomic E-state index is 12.5. The highest BCUT2D eigenvalue weighted by molar-refractivity contribution is 5.23. The second kappa shape index (κ2) is 2.95. The van der Waals surface area contributed by atoms with Crippen LogP contribution in [0, 0.1) is 0 Å². The van der Waals surface area contributed by atoms with Crippen LogP contribution in [0.3, 0.4) is 0 Å². The average Bonchev–Trinajstić information content (AvgIpc) is 1.95. The van der Waals surface area contributed by atoms with Crippen LogP contribution in [0.5, 0.6) is 0 Å². The highest BCUT2D eigenvalue weighted by Gasteiger charge is 2.16. The summed E-state index contributed by atoms with van der Waals surface area (Å²) < 4.78 is 24.9. The largest absolute Gasteiger partial charge is 0.239 e. The second-order valence-electron chi connectivity index (χ2n) is 2.40. The van der Waals surface area contributed by atoms with Crippen LogP contribution in [0.25, 0.3) is 0 Å². The molecule has 0 fully saturated rings. The molecule has 0 N–H and O–H groups in total. The lowest BCUT2D eigenvalue weighted by Crippen LogP contribution is -2.05. The lowest BCUT2D eigenvalue weighted by molar-refractivity contribution is 0.319. The number of hydrogen-bond donors (Lipinski definition) is 0. The molecule has 56 valence electrons. The number of rotatable bonds is 1. The Morgan fingerprint density at radius 3 is 2.80 bits per heavy atom. The van der Waals surface area contributed by atoms with E-state index in [0.717, 1.165) is 12.0 Å². The summed E-state index contributed by atoms with van der Waals surface area (Å²) in [6.07, 6.45) is 2.53. The third kappa shape index (κ3) is 1.43. The predicted octanol–water partition coefficient (Wildman–Crippen LogP) is 2.92. The Kier molecular flexibility index (Phi) is 2.20. The van der Waals surface area contributed by atoms with E-state index in [0.29, 0.717) is 0 Å². The van der Waals surface area contributed by atoms with Crippen molar-refractivity contribution in [3.05, 3.63) is 23.6 Å². The molecule has 0 saturated carbocycles. The first-order chi connectivity index (χ1) is 4.74. The molecule has 0 aromatic rings. The number of alkyl halides is 1. The third-order valence-corrected chi connectivity index (χ3v) is 1.67. The zero-order chi connectivity index (χ0) is 7.56. The van der Waals surface area contributed by atoms with E-state index in [-0.39, 0.29) is 6.42 Å². The van der Waals surface area contributed by atoms with Crippen molar-refractivity contribution in [2.45, 2.75) is 25.9 Å². The minimum atomic E-state index is -1.39. The summed E-state index contributed by atoms with van der Waals surface area (Å²) in [6.45, 7) is 1.94. The monoisotopic (exact) mass is 144 g/mol. The van der Waals surface area contributed by atoms with Crippen molar-refractivity contribution in [3.63, 3.8) is 0 Å². The van der Waals surface area contributed by atoms with Gasteiger partial charge in [0.05, 0.1) is 0 Å². The average molecular weight is 144 g/mol. The quantitative estimate of drug-likeness (QED) is 0.530. The molecule has 0 radical (unpaired) electrons. The van der Waals surface area contributed by atoms with Crippen LogP contribution in [0.15, 0.2) is 23.6 Å². The minimum Gasteiger partial charge on any atom is -0.239 e. The summed E-state index contributed by atoms with van der Waals surface area (Å²) >= 11 is 0. The topological polar surface area (TPSA) is 0 Å². The van der Waals surface area contributed by atoms with E-state index >= 15 is 0 Å². The minimum absolute atomic E-state index is 0.235. The molecule has 10 heavy (non-hydrogen) atoms. The molecule has 1 aliphatic carbocycles. The maximum absolute atomic E-state index is 12.5. The molecule has 0 amide bonds. The van der Waals surface area contributed by atoms with Gasteiger partial charge < -0.3 is 0 Å². The fraction of sp³-hybridized carbons (Fsp3) is 0.500. The highest BCUT2D eigenvalue weighted by atomic mass is 19.2. The molecule has 1 rings (SSSR count). The zero-order valence-electron chi connectivity index (χ0n) is 5.90. The first-order valence-corrected chi connectivity index (χ1v) is 3.43. The number of halogens is 2. The van der Waals surface area contributed by atoms with E-state index in [4.69, 9.17) is 0 Å². The van der Waals surface area contributed by atoms with E-state index in [1.165, 1.54) is 6.08 Å². The molecule has 0 spiro atoms. The first-order valence-electron chi connectivity index (χ1n) is 3.43. The Morgan fingerprint density at radius 2 is 2.30 bits per heavy atom. The van der Waals surface area contributed by atoms with Gasteiger partial charge in [-0.25, -0.2) is 8.78 Å². The molecule has 2 heteroatoms. The second-order valence-corrected chi connectivity index (χ2v) is 2.40. The summed E-state index contributed by atoms with van der Waals surface area (Å²) in [7, 11) is 0. The van der Waals surface area contributed by atoms with Crippen LogP contribution in [-0.4, -0.2) is 6.17 Å². The predicted molar refractivity (Wildman–Crippen MR) is 37.1 cm³/mol. The van der Waals surface area contributed by atoms with Crippen LogP contribution >= 0.6 is 0 Å². The maximum Gasteiger partial charge on any atom is 0.155 e. The van der Waals surface area contributed by atoms with Crippen molar-refractivity contribution in [3.8, 4) is 0 Å². The number of hydrogen-bond acceptors (Lipinski definition) is 0. The highest BCUT2D eigenvalue weighted by Crippen LogP contribution is 2.23. The van der Waals surface area contributed by atoms with Crippen LogP contribution < -0.4 is 0 Å². The molecule has 1 aliphatic rings. The van der Waals surface area contributed by atoms with Crippen molar-refractivity contribution in [1.29, 1.82) is 0 Å². The van der Waals surface area contributed by atoms with Gasteiger partial charge in [0, 0.05) is 6.42 Å². The van der Waals surface area contributed by atoms with Gasteiger partial charge >= 0.3 is 0 Å². The van der Waals surface area contributed by atoms with Crippen molar-refractivity contribution in [2.24, 2.45) is 0 Å². The Balaban J connectivity index is 2.68. The van der Waals surface area contributed by atoms with Crippen LogP contribution in [0.2, 0.25) is 0 Å². The van der Waals surface area contributed by atoms with E-state index in [9.17, 15) is 8.78 Å². The first kappa shape index (κ1) is 7.45. The molecule has 0 aliphatic heterocycles. The van der Waals surface area contributed by atoms with Gasteiger partial charge in [0.2, 0.25) is 0 Å². The van der Waals surface area contributed by atoms with Gasteiger partial charge in [-0.15, -0.1) is 0 Å². The van der Waals surface area contributed by atoms with Gasteiger partial charge in [-0.05, 0) is 12.5 Å². The van der Waals surface area contributed by atoms with E-state index in [2.05, 4.69) is 0 Å². The molecule has 0 nitrogen and oxygen atoms in total. The molecular formula is C8H10F2. The standard InChI is InChI=1S/C8H10F2/c1-2-6-3-4-7(9)8(10)5-6/h3-4,8H,2,5H2,1H3.